The van der Waals surface area contributed by atoms with E-state index in [1.54, 1.807) is 23.5 Å². The van der Waals surface area contributed by atoms with E-state index in [2.05, 4.69) is 17.3 Å². The van der Waals surface area contributed by atoms with E-state index in [1.807, 2.05) is 11.8 Å². The molecule has 0 unspecified atom stereocenters. The van der Waals surface area contributed by atoms with E-state index in [9.17, 15) is 9.59 Å². The highest BCUT2D eigenvalue weighted by molar-refractivity contribution is 7.10. The molecular formula is C21H26N2O2S. The number of aryl methyl sites for hydroxylation is 1. The molecule has 1 aliphatic carbocycles. The van der Waals surface area contributed by atoms with Crippen molar-refractivity contribution < 1.29 is 4.79 Å². The molecule has 1 amide bonds. The quantitative estimate of drug-likeness (QED) is 0.872. The van der Waals surface area contributed by atoms with Gasteiger partial charge in [-0.1, -0.05) is 6.92 Å². The first-order chi connectivity index (χ1) is 12.5. The van der Waals surface area contributed by atoms with Gasteiger partial charge >= 0.3 is 0 Å². The summed E-state index contributed by atoms with van der Waals surface area (Å²) in [6, 6.07) is 3.34. The van der Waals surface area contributed by atoms with Gasteiger partial charge in [-0.2, -0.15) is 0 Å². The third kappa shape index (κ3) is 3.37. The van der Waals surface area contributed by atoms with Crippen LogP contribution in [0, 0.1) is 12.8 Å². The number of piperidine rings is 1. The van der Waals surface area contributed by atoms with Crippen molar-refractivity contribution in [2.45, 2.75) is 51.9 Å². The average Bonchev–Trinajstić information content (AvgIpc) is 3.03. The Morgan fingerprint density at radius 1 is 1.23 bits per heavy atom. The van der Waals surface area contributed by atoms with Crippen LogP contribution < -0.4 is 5.43 Å². The molecule has 2 aliphatic rings. The van der Waals surface area contributed by atoms with Crippen LogP contribution in [0.25, 0.3) is 0 Å². The molecule has 138 valence electrons. The second-order valence-corrected chi connectivity index (χ2v) is 8.88. The summed E-state index contributed by atoms with van der Waals surface area (Å²) in [7, 11) is 0. The predicted molar refractivity (Wildman–Crippen MR) is 105 cm³/mol. The molecule has 1 saturated heterocycles. The van der Waals surface area contributed by atoms with Crippen LogP contribution in [-0.4, -0.2) is 28.9 Å². The Hall–Kier alpha value is -1.88. The molecule has 0 aromatic carbocycles. The number of amides is 1. The lowest BCUT2D eigenvalue weighted by molar-refractivity contribution is 0.0711. The largest absolute Gasteiger partial charge is 0.362 e. The number of hydrogen-bond acceptors (Lipinski definition) is 3. The molecule has 4 rings (SSSR count). The molecule has 1 aliphatic heterocycles. The number of carbonyl (C=O) groups excluding carboxylic acids is 1. The summed E-state index contributed by atoms with van der Waals surface area (Å²) in [4.78, 5) is 31.6. The van der Waals surface area contributed by atoms with Gasteiger partial charge in [0.2, 0.25) is 0 Å². The maximum atomic E-state index is 13.0. The minimum absolute atomic E-state index is 0.0638. The van der Waals surface area contributed by atoms with Crippen LogP contribution in [0.4, 0.5) is 0 Å². The second-order valence-electron chi connectivity index (χ2n) is 7.92. The number of nitrogens with zero attached hydrogens (tertiary/aromatic N) is 1. The molecule has 4 nitrogen and oxygen atoms in total. The predicted octanol–water partition coefficient (Wildman–Crippen LogP) is 3.89. The fourth-order valence-corrected chi connectivity index (χ4v) is 5.59. The minimum Gasteiger partial charge on any atom is -0.362 e. The lowest BCUT2D eigenvalue weighted by Gasteiger charge is -2.32. The van der Waals surface area contributed by atoms with Gasteiger partial charge in [0.05, 0.1) is 5.56 Å². The van der Waals surface area contributed by atoms with Gasteiger partial charge in [-0.15, -0.1) is 11.3 Å². The summed E-state index contributed by atoms with van der Waals surface area (Å²) in [6.45, 7) is 5.75. The van der Waals surface area contributed by atoms with Crippen molar-refractivity contribution in [1.82, 2.24) is 9.88 Å². The van der Waals surface area contributed by atoms with E-state index in [0.29, 0.717) is 5.92 Å². The molecule has 1 N–H and O–H groups in total. The molecule has 5 heteroatoms. The van der Waals surface area contributed by atoms with Crippen molar-refractivity contribution in [2.24, 2.45) is 5.92 Å². The Labute approximate surface area is 158 Å². The molecular weight excluding hydrogens is 344 g/mol. The highest BCUT2D eigenvalue weighted by atomic mass is 32.1. The van der Waals surface area contributed by atoms with Gasteiger partial charge in [-0.25, -0.2) is 0 Å². The average molecular weight is 371 g/mol. The zero-order valence-corrected chi connectivity index (χ0v) is 16.3. The first kappa shape index (κ1) is 17.5. The van der Waals surface area contributed by atoms with Gasteiger partial charge in [0, 0.05) is 52.8 Å². The summed E-state index contributed by atoms with van der Waals surface area (Å²) in [5, 5.41) is 2.08. The Morgan fingerprint density at radius 3 is 2.73 bits per heavy atom. The molecule has 0 radical (unpaired) electrons. The fraction of sp³-hybridized carbons (Fsp3) is 0.524. The Morgan fingerprint density at radius 2 is 2.00 bits per heavy atom. The molecule has 2 aromatic rings. The number of carbonyl (C=O) groups is 1. The Kier molecular flexibility index (Phi) is 4.74. The number of fused-ring (bicyclic) bond motifs is 1. The lowest BCUT2D eigenvalue weighted by Crippen LogP contribution is -2.38. The van der Waals surface area contributed by atoms with Gasteiger partial charge in [0.15, 0.2) is 5.43 Å². The van der Waals surface area contributed by atoms with Gasteiger partial charge in [0.1, 0.15) is 0 Å². The summed E-state index contributed by atoms with van der Waals surface area (Å²) in [5.74, 6) is 1.27. The summed E-state index contributed by atoms with van der Waals surface area (Å²) in [6.07, 6.45) is 5.17. The molecule has 1 fully saturated rings. The third-order valence-electron chi connectivity index (χ3n) is 5.85. The SMILES string of the molecule is Cc1cc(=O)cc(C2CCN(C(=O)c3csc4c3CC[C@H](C)C4)CC2)[nH]1. The van der Waals surface area contributed by atoms with E-state index < -0.39 is 0 Å². The maximum absolute atomic E-state index is 13.0. The van der Waals surface area contributed by atoms with Crippen molar-refractivity contribution in [3.05, 3.63) is 55.1 Å². The zero-order chi connectivity index (χ0) is 18.3. The third-order valence-corrected chi connectivity index (χ3v) is 6.90. The van der Waals surface area contributed by atoms with Crippen LogP contribution in [0.1, 0.15) is 64.3 Å². The van der Waals surface area contributed by atoms with Gasteiger partial charge < -0.3 is 9.88 Å². The topological polar surface area (TPSA) is 53.2 Å². The Balaban J connectivity index is 1.45. The first-order valence-electron chi connectivity index (χ1n) is 9.60. The van der Waals surface area contributed by atoms with Crippen LogP contribution in [0.15, 0.2) is 22.3 Å². The van der Waals surface area contributed by atoms with E-state index in [-0.39, 0.29) is 11.3 Å². The van der Waals surface area contributed by atoms with Crippen LogP contribution in [0.5, 0.6) is 0 Å². The van der Waals surface area contributed by atoms with E-state index in [1.165, 1.54) is 16.9 Å². The summed E-state index contributed by atoms with van der Waals surface area (Å²) < 4.78 is 0. The summed E-state index contributed by atoms with van der Waals surface area (Å²) >= 11 is 1.76. The highest BCUT2D eigenvalue weighted by Gasteiger charge is 2.29. The first-order valence-corrected chi connectivity index (χ1v) is 10.5. The number of aromatic amines is 1. The molecule has 1 atom stereocenters. The molecule has 0 bridgehead atoms. The number of nitrogens with one attached hydrogen (secondary N) is 1. The normalized spacial score (nSPS) is 20.8. The van der Waals surface area contributed by atoms with Crippen molar-refractivity contribution >= 4 is 17.2 Å². The second kappa shape index (κ2) is 7.03. The van der Waals surface area contributed by atoms with Crippen LogP contribution >= 0.6 is 11.3 Å². The van der Waals surface area contributed by atoms with Crippen LogP contribution in [0.2, 0.25) is 0 Å². The minimum atomic E-state index is 0.0638. The van der Waals surface area contributed by atoms with Crippen LogP contribution in [-0.2, 0) is 12.8 Å². The lowest BCUT2D eigenvalue weighted by atomic mass is 9.88. The number of pyridine rings is 1. The van der Waals surface area contributed by atoms with Crippen molar-refractivity contribution in [1.29, 1.82) is 0 Å². The molecule has 26 heavy (non-hydrogen) atoms. The molecule has 3 heterocycles. The maximum Gasteiger partial charge on any atom is 0.254 e. The number of thiophene rings is 1. The van der Waals surface area contributed by atoms with E-state index >= 15 is 0 Å². The highest BCUT2D eigenvalue weighted by Crippen LogP contribution is 2.34. The smallest absolute Gasteiger partial charge is 0.254 e. The van der Waals surface area contributed by atoms with Crippen LogP contribution in [0.3, 0.4) is 0 Å². The van der Waals surface area contributed by atoms with E-state index in [4.69, 9.17) is 0 Å². The Bertz CT molecular complexity index is 874. The fourth-order valence-electron chi connectivity index (χ4n) is 4.35. The monoisotopic (exact) mass is 370 g/mol. The standard InChI is InChI=1S/C21H26N2O2S/c1-13-3-4-17-18(12-26-20(17)9-13)21(25)23-7-5-15(6-8-23)19-11-16(24)10-14(2)22-19/h10-13,15H,3-9H2,1-2H3,(H,22,24)/t13-/m0/s1. The molecule has 0 spiro atoms. The van der Waals surface area contributed by atoms with Gasteiger partial charge in [0.25, 0.3) is 5.91 Å². The van der Waals surface area contributed by atoms with Crippen molar-refractivity contribution in [3.8, 4) is 0 Å². The number of rotatable bonds is 2. The molecule has 2 aromatic heterocycles. The number of hydrogen-bond donors (Lipinski definition) is 1. The number of likely N-dealkylation sites (tertiary alicyclic amines) is 1. The van der Waals surface area contributed by atoms with Crippen molar-refractivity contribution in [2.75, 3.05) is 13.1 Å². The van der Waals surface area contributed by atoms with Gasteiger partial charge in [-0.3, -0.25) is 9.59 Å². The summed E-state index contributed by atoms with van der Waals surface area (Å²) in [5.41, 5.74) is 4.24. The van der Waals surface area contributed by atoms with Crippen molar-refractivity contribution in [3.63, 3.8) is 0 Å². The number of aromatic nitrogens is 1. The van der Waals surface area contributed by atoms with E-state index in [0.717, 1.165) is 61.6 Å². The van der Waals surface area contributed by atoms with Gasteiger partial charge in [-0.05, 0) is 50.5 Å². The zero-order valence-electron chi connectivity index (χ0n) is 15.5. The number of H-pyrrole nitrogens is 1. The molecule has 0 saturated carbocycles.